The van der Waals surface area contributed by atoms with Gasteiger partial charge in [-0.05, 0) is 36.4 Å². The van der Waals surface area contributed by atoms with Crippen LogP contribution in [-0.2, 0) is 14.8 Å². The Labute approximate surface area is 187 Å². The topological polar surface area (TPSA) is 88.2 Å². The molecule has 0 saturated carbocycles. The fraction of sp³-hybridized carbons (Fsp3) is 0.381. The standard InChI is InChI=1S/C21H26ClN3O5S/c1-29-19-8-7-18(15-20(19)30-2)31(27,28)23-10-9-21(26)25-13-11-24(12-14-25)17-5-3-16(22)4-6-17/h3-8,15,23H,9-14H2,1-2H3. The van der Waals surface area contributed by atoms with Gasteiger partial charge in [0.1, 0.15) is 0 Å². The van der Waals surface area contributed by atoms with E-state index in [0.717, 1.165) is 5.69 Å². The smallest absolute Gasteiger partial charge is 0.240 e. The van der Waals surface area contributed by atoms with E-state index in [1.54, 1.807) is 4.90 Å². The molecule has 0 aliphatic carbocycles. The number of carbonyl (C=O) groups excluding carboxylic acids is 1. The molecule has 10 heteroatoms. The number of amides is 1. The van der Waals surface area contributed by atoms with Gasteiger partial charge in [-0.1, -0.05) is 11.6 Å². The number of carbonyl (C=O) groups is 1. The quantitative estimate of drug-likeness (QED) is 0.641. The monoisotopic (exact) mass is 467 g/mol. The van der Waals surface area contributed by atoms with Crippen LogP contribution in [0.1, 0.15) is 6.42 Å². The van der Waals surface area contributed by atoms with Crippen molar-refractivity contribution in [2.45, 2.75) is 11.3 Å². The average Bonchev–Trinajstić information content (AvgIpc) is 2.79. The summed E-state index contributed by atoms with van der Waals surface area (Å²) >= 11 is 5.93. The molecule has 1 amide bonds. The lowest BCUT2D eigenvalue weighted by Crippen LogP contribution is -2.49. The number of nitrogens with one attached hydrogen (secondary N) is 1. The summed E-state index contributed by atoms with van der Waals surface area (Å²) in [7, 11) is -0.853. The van der Waals surface area contributed by atoms with Gasteiger partial charge in [0.25, 0.3) is 0 Å². The van der Waals surface area contributed by atoms with E-state index < -0.39 is 10.0 Å². The van der Waals surface area contributed by atoms with Gasteiger partial charge >= 0.3 is 0 Å². The number of benzene rings is 2. The van der Waals surface area contributed by atoms with Crippen molar-refractivity contribution in [2.24, 2.45) is 0 Å². The Morgan fingerprint density at radius 1 is 1.00 bits per heavy atom. The molecule has 3 rings (SSSR count). The summed E-state index contributed by atoms with van der Waals surface area (Å²) in [5, 5.41) is 0.688. The van der Waals surface area contributed by atoms with E-state index in [1.165, 1.54) is 32.4 Å². The SMILES string of the molecule is COc1ccc(S(=O)(=O)NCCC(=O)N2CCN(c3ccc(Cl)cc3)CC2)cc1OC. The van der Waals surface area contributed by atoms with Gasteiger partial charge < -0.3 is 19.3 Å². The molecule has 8 nitrogen and oxygen atoms in total. The molecule has 31 heavy (non-hydrogen) atoms. The molecule has 0 unspecified atom stereocenters. The van der Waals surface area contributed by atoms with Gasteiger partial charge in [-0.3, -0.25) is 4.79 Å². The molecular formula is C21H26ClN3O5S. The predicted octanol–water partition coefficient (Wildman–Crippen LogP) is 2.37. The molecule has 1 fully saturated rings. The summed E-state index contributed by atoms with van der Waals surface area (Å²) < 4.78 is 37.8. The highest BCUT2D eigenvalue weighted by Crippen LogP contribution is 2.29. The van der Waals surface area contributed by atoms with Gasteiger partial charge in [0.2, 0.25) is 15.9 Å². The maximum atomic E-state index is 12.5. The lowest BCUT2D eigenvalue weighted by atomic mass is 10.2. The van der Waals surface area contributed by atoms with Crippen molar-refractivity contribution in [3.8, 4) is 11.5 Å². The third-order valence-electron chi connectivity index (χ3n) is 5.12. The summed E-state index contributed by atoms with van der Waals surface area (Å²) in [6.07, 6.45) is 0.0907. The van der Waals surface area contributed by atoms with Gasteiger partial charge in [-0.2, -0.15) is 0 Å². The maximum absolute atomic E-state index is 12.5. The minimum absolute atomic E-state index is 0.0207. The Morgan fingerprint density at radius 3 is 2.26 bits per heavy atom. The fourth-order valence-corrected chi connectivity index (χ4v) is 4.56. The van der Waals surface area contributed by atoms with E-state index >= 15 is 0 Å². The van der Waals surface area contributed by atoms with Gasteiger partial charge in [-0.25, -0.2) is 13.1 Å². The molecule has 0 bridgehead atoms. The number of anilines is 1. The van der Waals surface area contributed by atoms with Crippen molar-refractivity contribution in [3.05, 3.63) is 47.5 Å². The Kier molecular flexibility index (Phi) is 7.64. The summed E-state index contributed by atoms with van der Waals surface area (Å²) in [5.74, 6) is 0.681. The second-order valence-electron chi connectivity index (χ2n) is 7.01. The van der Waals surface area contributed by atoms with E-state index in [0.29, 0.717) is 42.7 Å². The molecule has 1 aliphatic rings. The molecule has 0 radical (unpaired) electrons. The first-order valence-electron chi connectivity index (χ1n) is 9.84. The minimum atomic E-state index is -3.77. The molecule has 2 aromatic rings. The summed E-state index contributed by atoms with van der Waals surface area (Å²) in [6.45, 7) is 2.62. The number of nitrogens with zero attached hydrogens (tertiary/aromatic N) is 2. The molecule has 0 aromatic heterocycles. The van der Waals surface area contributed by atoms with Crippen LogP contribution >= 0.6 is 11.6 Å². The highest BCUT2D eigenvalue weighted by molar-refractivity contribution is 7.89. The van der Waals surface area contributed by atoms with Crippen LogP contribution in [0.5, 0.6) is 11.5 Å². The Bertz CT molecular complexity index is 1010. The molecule has 1 heterocycles. The highest BCUT2D eigenvalue weighted by Gasteiger charge is 2.22. The van der Waals surface area contributed by atoms with E-state index in [4.69, 9.17) is 21.1 Å². The zero-order valence-corrected chi connectivity index (χ0v) is 19.1. The van der Waals surface area contributed by atoms with Crippen molar-refractivity contribution in [2.75, 3.05) is 51.8 Å². The molecule has 0 atom stereocenters. The van der Waals surface area contributed by atoms with E-state index in [9.17, 15) is 13.2 Å². The number of hydrogen-bond acceptors (Lipinski definition) is 6. The van der Waals surface area contributed by atoms with Crippen LogP contribution in [0, 0.1) is 0 Å². The third kappa shape index (κ3) is 5.81. The van der Waals surface area contributed by atoms with E-state index in [2.05, 4.69) is 9.62 Å². The zero-order valence-electron chi connectivity index (χ0n) is 17.5. The van der Waals surface area contributed by atoms with Crippen LogP contribution in [0.2, 0.25) is 5.02 Å². The summed E-state index contributed by atoms with van der Waals surface area (Å²) in [4.78, 5) is 16.5. The van der Waals surface area contributed by atoms with Crippen LogP contribution < -0.4 is 19.1 Å². The molecule has 0 spiro atoms. The lowest BCUT2D eigenvalue weighted by molar-refractivity contribution is -0.131. The first kappa shape index (κ1) is 23.2. The van der Waals surface area contributed by atoms with Gasteiger partial charge in [-0.15, -0.1) is 0 Å². The second-order valence-corrected chi connectivity index (χ2v) is 9.21. The minimum Gasteiger partial charge on any atom is -0.493 e. The zero-order chi connectivity index (χ0) is 22.4. The van der Waals surface area contributed by atoms with Crippen LogP contribution in [0.25, 0.3) is 0 Å². The number of ether oxygens (including phenoxy) is 2. The molecule has 1 aliphatic heterocycles. The Morgan fingerprint density at radius 2 is 1.65 bits per heavy atom. The number of hydrogen-bond donors (Lipinski definition) is 1. The summed E-state index contributed by atoms with van der Waals surface area (Å²) in [6, 6.07) is 12.0. The predicted molar refractivity (Wildman–Crippen MR) is 120 cm³/mol. The molecule has 168 valence electrons. The third-order valence-corrected chi connectivity index (χ3v) is 6.83. The van der Waals surface area contributed by atoms with Crippen LogP contribution in [0.15, 0.2) is 47.4 Å². The molecule has 1 N–H and O–H groups in total. The number of halogens is 1. The maximum Gasteiger partial charge on any atom is 0.240 e. The number of methoxy groups -OCH3 is 2. The number of piperazine rings is 1. The number of rotatable bonds is 8. The van der Waals surface area contributed by atoms with Crippen molar-refractivity contribution < 1.29 is 22.7 Å². The molecule has 2 aromatic carbocycles. The van der Waals surface area contributed by atoms with Crippen molar-refractivity contribution in [1.29, 1.82) is 0 Å². The lowest BCUT2D eigenvalue weighted by Gasteiger charge is -2.36. The fourth-order valence-electron chi connectivity index (χ4n) is 3.38. The largest absolute Gasteiger partial charge is 0.493 e. The van der Waals surface area contributed by atoms with Crippen molar-refractivity contribution in [1.82, 2.24) is 9.62 Å². The second kappa shape index (κ2) is 10.2. The van der Waals surface area contributed by atoms with Gasteiger partial charge in [0, 0.05) is 55.9 Å². The Balaban J connectivity index is 1.49. The van der Waals surface area contributed by atoms with Gasteiger partial charge in [0.15, 0.2) is 11.5 Å². The van der Waals surface area contributed by atoms with E-state index in [-0.39, 0.29) is 23.8 Å². The summed E-state index contributed by atoms with van der Waals surface area (Å²) in [5.41, 5.74) is 1.07. The number of sulfonamides is 1. The first-order chi connectivity index (χ1) is 14.8. The average molecular weight is 468 g/mol. The van der Waals surface area contributed by atoms with E-state index in [1.807, 2.05) is 24.3 Å². The highest BCUT2D eigenvalue weighted by atomic mass is 35.5. The van der Waals surface area contributed by atoms with Gasteiger partial charge in [0.05, 0.1) is 19.1 Å². The normalized spacial score (nSPS) is 14.4. The molecule has 1 saturated heterocycles. The Hall–Kier alpha value is -2.49. The van der Waals surface area contributed by atoms with Crippen molar-refractivity contribution in [3.63, 3.8) is 0 Å². The first-order valence-corrected chi connectivity index (χ1v) is 11.7. The van der Waals surface area contributed by atoms with Crippen LogP contribution in [-0.4, -0.2) is 66.2 Å². The molecular weight excluding hydrogens is 442 g/mol. The van der Waals surface area contributed by atoms with Crippen LogP contribution in [0.4, 0.5) is 5.69 Å². The van der Waals surface area contributed by atoms with Crippen molar-refractivity contribution >= 4 is 33.2 Å². The van der Waals surface area contributed by atoms with Crippen LogP contribution in [0.3, 0.4) is 0 Å².